The molecule has 0 aliphatic carbocycles. The maximum absolute atomic E-state index is 12.5. The molecule has 0 unspecified atom stereocenters. The molecule has 1 fully saturated rings. The number of amides is 1. The van der Waals surface area contributed by atoms with Crippen LogP contribution >= 0.6 is 11.6 Å². The standard InChI is InChI=1S/C15H24ClN5O/c1-18-7-9-20(10-8-18)5-4-14(22)21-6-3-12-13(11-21)19(2)15(16)17-12/h3-11H2,1-2H3. The van der Waals surface area contributed by atoms with Crippen LogP contribution in [0.1, 0.15) is 17.8 Å². The van der Waals surface area contributed by atoms with Crippen molar-refractivity contribution in [3.8, 4) is 0 Å². The number of piperazine rings is 1. The van der Waals surface area contributed by atoms with E-state index in [1.54, 1.807) is 0 Å². The van der Waals surface area contributed by atoms with Gasteiger partial charge in [0.15, 0.2) is 0 Å². The molecule has 3 heterocycles. The minimum absolute atomic E-state index is 0.238. The van der Waals surface area contributed by atoms with E-state index < -0.39 is 0 Å². The second-order valence-electron chi connectivity index (χ2n) is 6.29. The predicted molar refractivity (Wildman–Crippen MR) is 85.9 cm³/mol. The number of carbonyl (C=O) groups excluding carboxylic acids is 1. The molecule has 3 rings (SSSR count). The average molecular weight is 326 g/mol. The quantitative estimate of drug-likeness (QED) is 0.816. The van der Waals surface area contributed by atoms with Gasteiger partial charge in [0.25, 0.3) is 0 Å². The summed E-state index contributed by atoms with van der Waals surface area (Å²) in [5.74, 6) is 0.238. The van der Waals surface area contributed by atoms with Gasteiger partial charge in [-0.15, -0.1) is 0 Å². The van der Waals surface area contributed by atoms with Crippen LogP contribution in [-0.4, -0.2) is 76.5 Å². The van der Waals surface area contributed by atoms with Crippen molar-refractivity contribution in [2.45, 2.75) is 19.4 Å². The fourth-order valence-electron chi connectivity index (χ4n) is 3.15. The van der Waals surface area contributed by atoms with Gasteiger partial charge in [-0.3, -0.25) is 4.79 Å². The minimum Gasteiger partial charge on any atom is -0.336 e. The van der Waals surface area contributed by atoms with Crippen molar-refractivity contribution in [3.05, 3.63) is 16.7 Å². The first-order valence-electron chi connectivity index (χ1n) is 7.93. The maximum atomic E-state index is 12.5. The van der Waals surface area contributed by atoms with E-state index in [1.165, 1.54) is 0 Å². The molecular formula is C15H24ClN5O. The molecule has 0 N–H and O–H groups in total. The normalized spacial score (nSPS) is 20.2. The van der Waals surface area contributed by atoms with E-state index in [1.807, 2.05) is 16.5 Å². The number of halogens is 1. The van der Waals surface area contributed by atoms with E-state index in [9.17, 15) is 4.79 Å². The average Bonchev–Trinajstić information content (AvgIpc) is 2.81. The Balaban J connectivity index is 1.52. The lowest BCUT2D eigenvalue weighted by Crippen LogP contribution is -2.46. The molecule has 0 spiro atoms. The highest BCUT2D eigenvalue weighted by Gasteiger charge is 2.25. The molecule has 1 aromatic rings. The third-order valence-corrected chi connectivity index (χ3v) is 5.13. The Labute approximate surface area is 136 Å². The van der Waals surface area contributed by atoms with Gasteiger partial charge in [0.2, 0.25) is 11.2 Å². The summed E-state index contributed by atoms with van der Waals surface area (Å²) in [5, 5.41) is 0.511. The Morgan fingerprint density at radius 2 is 1.91 bits per heavy atom. The Morgan fingerprint density at radius 3 is 2.64 bits per heavy atom. The highest BCUT2D eigenvalue weighted by Crippen LogP contribution is 2.22. The van der Waals surface area contributed by atoms with E-state index in [0.717, 1.165) is 57.1 Å². The van der Waals surface area contributed by atoms with Crippen molar-refractivity contribution >= 4 is 17.5 Å². The van der Waals surface area contributed by atoms with Gasteiger partial charge in [0, 0.05) is 59.2 Å². The Bertz CT molecular complexity index is 550. The Kier molecular flexibility index (Phi) is 4.70. The molecule has 0 bridgehead atoms. The van der Waals surface area contributed by atoms with E-state index in [-0.39, 0.29) is 5.91 Å². The monoisotopic (exact) mass is 325 g/mol. The lowest BCUT2D eigenvalue weighted by atomic mass is 10.1. The Hall–Kier alpha value is -1.11. The molecule has 7 heteroatoms. The number of likely N-dealkylation sites (N-methyl/N-ethyl adjacent to an activating group) is 1. The molecule has 1 aromatic heterocycles. The van der Waals surface area contributed by atoms with Crippen LogP contribution in [0.15, 0.2) is 0 Å². The second kappa shape index (κ2) is 6.56. The molecule has 0 aromatic carbocycles. The highest BCUT2D eigenvalue weighted by molar-refractivity contribution is 6.28. The minimum atomic E-state index is 0.238. The van der Waals surface area contributed by atoms with Crippen LogP contribution in [0.3, 0.4) is 0 Å². The molecule has 6 nitrogen and oxygen atoms in total. The number of rotatable bonds is 3. The molecule has 0 radical (unpaired) electrons. The smallest absolute Gasteiger partial charge is 0.224 e. The summed E-state index contributed by atoms with van der Waals surface area (Å²) in [6.07, 6.45) is 1.40. The fraction of sp³-hybridized carbons (Fsp3) is 0.733. The molecular weight excluding hydrogens is 302 g/mol. The molecule has 0 atom stereocenters. The van der Waals surface area contributed by atoms with Crippen LogP contribution in [0.2, 0.25) is 5.28 Å². The number of aromatic nitrogens is 2. The van der Waals surface area contributed by atoms with Gasteiger partial charge in [-0.25, -0.2) is 4.98 Å². The zero-order valence-electron chi connectivity index (χ0n) is 13.4. The number of fused-ring (bicyclic) bond motifs is 1. The van der Waals surface area contributed by atoms with Gasteiger partial charge in [-0.1, -0.05) is 0 Å². The molecule has 2 aliphatic heterocycles. The SMILES string of the molecule is CN1CCN(CCC(=O)N2CCc3nc(Cl)n(C)c3C2)CC1. The lowest BCUT2D eigenvalue weighted by Gasteiger charge is -2.33. The van der Waals surface area contributed by atoms with E-state index in [2.05, 4.69) is 21.8 Å². The second-order valence-corrected chi connectivity index (χ2v) is 6.63. The van der Waals surface area contributed by atoms with Crippen LogP contribution in [-0.2, 0) is 24.8 Å². The van der Waals surface area contributed by atoms with Crippen LogP contribution in [0.25, 0.3) is 0 Å². The highest BCUT2D eigenvalue weighted by atomic mass is 35.5. The molecule has 2 aliphatic rings. The largest absolute Gasteiger partial charge is 0.336 e. The fourth-order valence-corrected chi connectivity index (χ4v) is 3.35. The molecule has 0 saturated carbocycles. The predicted octanol–water partition coefficient (Wildman–Crippen LogP) is 0.596. The van der Waals surface area contributed by atoms with Crippen LogP contribution in [0, 0.1) is 0 Å². The third-order valence-electron chi connectivity index (χ3n) is 4.79. The molecule has 1 amide bonds. The van der Waals surface area contributed by atoms with Gasteiger partial charge in [-0.05, 0) is 18.6 Å². The van der Waals surface area contributed by atoms with Crippen molar-refractivity contribution in [2.75, 3.05) is 46.3 Å². The van der Waals surface area contributed by atoms with E-state index >= 15 is 0 Å². The summed E-state index contributed by atoms with van der Waals surface area (Å²) < 4.78 is 1.89. The molecule has 1 saturated heterocycles. The summed E-state index contributed by atoms with van der Waals surface area (Å²) in [6.45, 7) is 6.55. The first kappa shape index (κ1) is 15.8. The first-order chi connectivity index (χ1) is 10.5. The van der Waals surface area contributed by atoms with E-state index in [4.69, 9.17) is 11.6 Å². The number of carbonyl (C=O) groups is 1. The van der Waals surface area contributed by atoms with Crippen LogP contribution in [0.5, 0.6) is 0 Å². The zero-order chi connectivity index (χ0) is 15.7. The topological polar surface area (TPSA) is 44.6 Å². The summed E-state index contributed by atoms with van der Waals surface area (Å²) in [5.41, 5.74) is 2.11. The van der Waals surface area contributed by atoms with E-state index in [0.29, 0.717) is 18.2 Å². The van der Waals surface area contributed by atoms with Gasteiger partial charge in [-0.2, -0.15) is 0 Å². The van der Waals surface area contributed by atoms with Crippen molar-refractivity contribution in [1.82, 2.24) is 24.3 Å². The molecule has 122 valence electrons. The van der Waals surface area contributed by atoms with Crippen molar-refractivity contribution in [1.29, 1.82) is 0 Å². The van der Waals surface area contributed by atoms with Crippen molar-refractivity contribution in [2.24, 2.45) is 7.05 Å². The summed E-state index contributed by atoms with van der Waals surface area (Å²) in [7, 11) is 4.05. The number of hydrogen-bond acceptors (Lipinski definition) is 4. The summed E-state index contributed by atoms with van der Waals surface area (Å²) in [4.78, 5) is 23.5. The van der Waals surface area contributed by atoms with Crippen molar-refractivity contribution < 1.29 is 4.79 Å². The van der Waals surface area contributed by atoms with Crippen molar-refractivity contribution in [3.63, 3.8) is 0 Å². The van der Waals surface area contributed by atoms with Crippen LogP contribution < -0.4 is 0 Å². The summed E-state index contributed by atoms with van der Waals surface area (Å²) in [6, 6.07) is 0. The number of nitrogens with zero attached hydrogens (tertiary/aromatic N) is 5. The molecule has 22 heavy (non-hydrogen) atoms. The van der Waals surface area contributed by atoms with Gasteiger partial charge >= 0.3 is 0 Å². The number of imidazole rings is 1. The Morgan fingerprint density at radius 1 is 1.18 bits per heavy atom. The van der Waals surface area contributed by atoms with Gasteiger partial charge < -0.3 is 19.3 Å². The zero-order valence-corrected chi connectivity index (χ0v) is 14.1. The van der Waals surface area contributed by atoms with Gasteiger partial charge in [0.05, 0.1) is 17.9 Å². The van der Waals surface area contributed by atoms with Gasteiger partial charge in [0.1, 0.15) is 0 Å². The van der Waals surface area contributed by atoms with Crippen LogP contribution in [0.4, 0.5) is 0 Å². The number of hydrogen-bond donors (Lipinski definition) is 0. The summed E-state index contributed by atoms with van der Waals surface area (Å²) >= 11 is 6.06. The third kappa shape index (κ3) is 3.29. The lowest BCUT2D eigenvalue weighted by molar-refractivity contribution is -0.132. The maximum Gasteiger partial charge on any atom is 0.224 e. The first-order valence-corrected chi connectivity index (χ1v) is 8.31.